The van der Waals surface area contributed by atoms with Crippen LogP contribution < -0.4 is 0 Å². The van der Waals surface area contributed by atoms with Crippen LogP contribution in [0, 0.1) is 0 Å². The largest absolute Gasteiger partial charge is 0.289 e. The van der Waals surface area contributed by atoms with Crippen LogP contribution in [0.25, 0.3) is 0 Å². The predicted octanol–water partition coefficient (Wildman–Crippen LogP) is 1.87. The van der Waals surface area contributed by atoms with Gasteiger partial charge in [0, 0.05) is 24.9 Å². The van der Waals surface area contributed by atoms with Gasteiger partial charge in [0.2, 0.25) is 0 Å². The second kappa shape index (κ2) is 8.57. The molecule has 0 aromatic carbocycles. The Bertz CT molecular complexity index is 666. The van der Waals surface area contributed by atoms with E-state index >= 15 is 0 Å². The molecule has 0 fully saturated rings. The maximum Gasteiger partial charge on any atom is 0.0815 e. The van der Waals surface area contributed by atoms with Crippen LogP contribution >= 0.6 is 0 Å². The van der Waals surface area contributed by atoms with Crippen LogP contribution in [-0.2, 0) is 0 Å². The van der Waals surface area contributed by atoms with Gasteiger partial charge in [-0.3, -0.25) is 20.0 Å². The van der Waals surface area contributed by atoms with Crippen molar-refractivity contribution in [3.8, 4) is 0 Å². The maximum absolute atomic E-state index is 4.47. The van der Waals surface area contributed by atoms with Gasteiger partial charge in [0.25, 0.3) is 0 Å². The van der Waals surface area contributed by atoms with E-state index in [0.717, 1.165) is 22.8 Å². The number of hydrogen-bond acceptors (Lipinski definition) is 6. The molecule has 24 heavy (non-hydrogen) atoms. The molecular weight excluding hydrogens is 300 g/mol. The first-order valence-corrected chi connectivity index (χ1v) is 7.83. The minimum absolute atomic E-state index is 0.609. The topological polar surface area (TPSA) is 75.2 Å². The van der Waals surface area contributed by atoms with Crippen molar-refractivity contribution in [2.75, 3.05) is 26.2 Å². The summed E-state index contributed by atoms with van der Waals surface area (Å²) in [7, 11) is 0. The minimum atomic E-state index is 0.609. The van der Waals surface area contributed by atoms with Gasteiger partial charge in [-0.15, -0.1) is 0 Å². The van der Waals surface area contributed by atoms with Gasteiger partial charge in [-0.1, -0.05) is 12.1 Å². The quantitative estimate of drug-likeness (QED) is 0.743. The van der Waals surface area contributed by atoms with Crippen LogP contribution in [0.3, 0.4) is 0 Å². The molecule has 4 bridgehead atoms. The van der Waals surface area contributed by atoms with Gasteiger partial charge < -0.3 is 0 Å². The highest BCUT2D eigenvalue weighted by Gasteiger charge is 1.94. The molecule has 3 heterocycles. The summed E-state index contributed by atoms with van der Waals surface area (Å²) in [6.45, 7) is 2.44. The molecule has 3 rings (SSSR count). The first kappa shape index (κ1) is 15.9. The van der Waals surface area contributed by atoms with E-state index in [9.17, 15) is 0 Å². The number of rotatable bonds is 0. The van der Waals surface area contributed by atoms with Crippen molar-refractivity contribution in [2.45, 2.75) is 0 Å². The number of nitrogens with zero attached hydrogens (tertiary/aromatic N) is 6. The SMILES string of the molecule is C1=NCCN=Cc2cccc(n2)C=NCCN=Cc2cccc1n2. The molecule has 0 saturated heterocycles. The summed E-state index contributed by atoms with van der Waals surface area (Å²) in [4.78, 5) is 26.3. The molecule has 0 amide bonds. The van der Waals surface area contributed by atoms with E-state index in [1.807, 2.05) is 36.4 Å². The lowest BCUT2D eigenvalue weighted by Crippen LogP contribution is -1.98. The van der Waals surface area contributed by atoms with Crippen LogP contribution in [0.4, 0.5) is 0 Å². The van der Waals surface area contributed by atoms with Gasteiger partial charge >= 0.3 is 0 Å². The van der Waals surface area contributed by atoms with E-state index in [2.05, 4.69) is 29.9 Å². The summed E-state index contributed by atoms with van der Waals surface area (Å²) < 4.78 is 0. The van der Waals surface area contributed by atoms with Crippen molar-refractivity contribution in [2.24, 2.45) is 20.0 Å². The third kappa shape index (κ3) is 5.01. The highest BCUT2D eigenvalue weighted by Crippen LogP contribution is 1.97. The normalized spacial score (nSPS) is 15.0. The fourth-order valence-corrected chi connectivity index (χ4v) is 2.09. The molecule has 0 atom stereocenters. The van der Waals surface area contributed by atoms with Crippen molar-refractivity contribution in [1.29, 1.82) is 0 Å². The van der Waals surface area contributed by atoms with Crippen LogP contribution in [0.2, 0.25) is 0 Å². The van der Waals surface area contributed by atoms with Crippen LogP contribution in [0.5, 0.6) is 0 Å². The summed E-state index contributed by atoms with van der Waals surface area (Å²) in [5.74, 6) is 0. The van der Waals surface area contributed by atoms with Crippen molar-refractivity contribution in [1.82, 2.24) is 9.97 Å². The zero-order chi connectivity index (χ0) is 16.5. The smallest absolute Gasteiger partial charge is 0.0815 e. The Labute approximate surface area is 140 Å². The van der Waals surface area contributed by atoms with E-state index in [-0.39, 0.29) is 0 Å². The van der Waals surface area contributed by atoms with Crippen molar-refractivity contribution in [3.63, 3.8) is 0 Å². The van der Waals surface area contributed by atoms with E-state index in [0.29, 0.717) is 26.2 Å². The molecule has 0 radical (unpaired) electrons. The van der Waals surface area contributed by atoms with E-state index < -0.39 is 0 Å². The Balaban J connectivity index is 1.78. The van der Waals surface area contributed by atoms with Gasteiger partial charge in [-0.05, 0) is 24.3 Å². The molecular formula is C18H18N6. The summed E-state index contributed by atoms with van der Waals surface area (Å²) in [6.07, 6.45) is 7.05. The van der Waals surface area contributed by atoms with Crippen molar-refractivity contribution < 1.29 is 0 Å². The summed E-state index contributed by atoms with van der Waals surface area (Å²) in [6, 6.07) is 11.6. The van der Waals surface area contributed by atoms with Crippen molar-refractivity contribution in [3.05, 3.63) is 59.2 Å². The average molecular weight is 318 g/mol. The molecule has 2 aromatic heterocycles. The van der Waals surface area contributed by atoms with E-state index in [4.69, 9.17) is 0 Å². The van der Waals surface area contributed by atoms with Crippen LogP contribution in [0.1, 0.15) is 22.8 Å². The lowest BCUT2D eigenvalue weighted by molar-refractivity contribution is 0.978. The number of aromatic nitrogens is 2. The highest BCUT2D eigenvalue weighted by molar-refractivity contribution is 5.82. The molecule has 0 spiro atoms. The third-order valence-electron chi connectivity index (χ3n) is 3.19. The Hall–Kier alpha value is -3.02. The fraction of sp³-hybridized carbons (Fsp3) is 0.222. The lowest BCUT2D eigenvalue weighted by atomic mass is 10.3. The van der Waals surface area contributed by atoms with Gasteiger partial charge in [-0.25, -0.2) is 9.97 Å². The average Bonchev–Trinajstić information content (AvgIpc) is 2.61. The van der Waals surface area contributed by atoms with Gasteiger partial charge in [0.05, 0.1) is 49.0 Å². The molecule has 6 nitrogen and oxygen atoms in total. The molecule has 1 aliphatic heterocycles. The van der Waals surface area contributed by atoms with Gasteiger partial charge in [0.15, 0.2) is 0 Å². The van der Waals surface area contributed by atoms with Crippen LogP contribution in [0.15, 0.2) is 56.4 Å². The molecule has 120 valence electrons. The molecule has 1 aliphatic rings. The standard InChI is InChI=1S/C18H18N6/c1-3-15-11-19-7-9-21-13-17-5-2-6-18(24-17)14-22-10-8-20-12-16(4-1)23-15/h1-6,11-14H,7-10H2. The fourth-order valence-electron chi connectivity index (χ4n) is 2.09. The maximum atomic E-state index is 4.47. The summed E-state index contributed by atoms with van der Waals surface area (Å²) in [5, 5.41) is 0. The van der Waals surface area contributed by atoms with Gasteiger partial charge in [-0.2, -0.15) is 0 Å². The number of hydrogen-bond donors (Lipinski definition) is 0. The zero-order valence-corrected chi connectivity index (χ0v) is 13.3. The van der Waals surface area contributed by atoms with Crippen LogP contribution in [-0.4, -0.2) is 61.0 Å². The first-order chi connectivity index (χ1) is 11.9. The summed E-state index contributed by atoms with van der Waals surface area (Å²) >= 11 is 0. The minimum Gasteiger partial charge on any atom is -0.289 e. The van der Waals surface area contributed by atoms with E-state index in [1.54, 1.807) is 24.9 Å². The zero-order valence-electron chi connectivity index (χ0n) is 13.3. The predicted molar refractivity (Wildman–Crippen MR) is 98.3 cm³/mol. The first-order valence-electron chi connectivity index (χ1n) is 7.83. The molecule has 6 heteroatoms. The van der Waals surface area contributed by atoms with Crippen molar-refractivity contribution >= 4 is 24.9 Å². The molecule has 0 unspecified atom stereocenters. The molecule has 0 N–H and O–H groups in total. The summed E-state index contributed by atoms with van der Waals surface area (Å²) in [5.41, 5.74) is 3.26. The Morgan fingerprint density at radius 1 is 0.458 bits per heavy atom. The Morgan fingerprint density at radius 2 is 0.750 bits per heavy atom. The third-order valence-corrected chi connectivity index (χ3v) is 3.19. The lowest BCUT2D eigenvalue weighted by Gasteiger charge is -1.97. The Morgan fingerprint density at radius 3 is 1.04 bits per heavy atom. The van der Waals surface area contributed by atoms with Gasteiger partial charge in [0.1, 0.15) is 0 Å². The number of pyridine rings is 2. The number of fused-ring (bicyclic) bond motifs is 4. The second-order valence-electron chi connectivity index (χ2n) is 5.12. The molecule has 0 saturated carbocycles. The highest BCUT2D eigenvalue weighted by atomic mass is 14.9. The molecule has 2 aromatic rings. The molecule has 0 aliphatic carbocycles. The van der Waals surface area contributed by atoms with E-state index in [1.165, 1.54) is 0 Å². The Kier molecular flexibility index (Phi) is 5.66. The number of aliphatic imine (C=N–C) groups is 4. The monoisotopic (exact) mass is 318 g/mol. The second-order valence-corrected chi connectivity index (χ2v) is 5.12.